The Balaban J connectivity index is 4.75. The molecule has 0 aromatic heterocycles. The van der Waals surface area contributed by atoms with Crippen molar-refractivity contribution < 1.29 is 38.2 Å². The molecule has 0 aliphatic rings. The number of aliphatic hydroxyl groups is 4. The van der Waals surface area contributed by atoms with Gasteiger partial charge in [0, 0.05) is 0 Å². The summed E-state index contributed by atoms with van der Waals surface area (Å²) >= 11 is 0. The van der Waals surface area contributed by atoms with Crippen LogP contribution in [0.1, 0.15) is 0 Å². The van der Waals surface area contributed by atoms with Gasteiger partial charge < -0.3 is 26.2 Å². The Bertz CT molecular complexity index is 340. The van der Waals surface area contributed by atoms with Crippen LogP contribution in [0.4, 0.5) is 0 Å². The van der Waals surface area contributed by atoms with E-state index >= 15 is 0 Å². The van der Waals surface area contributed by atoms with Crippen molar-refractivity contribution >= 4 is 15.2 Å². The summed E-state index contributed by atoms with van der Waals surface area (Å²) < 4.78 is 29.0. The molecule has 0 fully saturated rings. The number of carbonyl (C=O) groups is 1. The molecule has 0 heterocycles. The monoisotopic (exact) mass is 259 g/mol. The van der Waals surface area contributed by atoms with Crippen LogP contribution in [0, 0.1) is 0 Å². The standard InChI is InChI=1S/C6H13NO8S/c7-3(6(12)16(13,14)15)5(11)4(10)2(9)1-8/h2-5,8-11H,1,7H2,(H,13,14,15)/t2-,3-,4-,5-/m1/s1. The maximum Gasteiger partial charge on any atom is 0.330 e. The number of nitrogens with two attached hydrogens (primary N) is 1. The van der Waals surface area contributed by atoms with Gasteiger partial charge in [-0.25, -0.2) is 0 Å². The van der Waals surface area contributed by atoms with E-state index in [9.17, 15) is 18.3 Å². The van der Waals surface area contributed by atoms with E-state index in [0.29, 0.717) is 0 Å². The van der Waals surface area contributed by atoms with E-state index in [1.807, 2.05) is 0 Å². The Labute approximate surface area is 90.9 Å². The first-order valence-electron chi connectivity index (χ1n) is 4.05. The highest BCUT2D eigenvalue weighted by Crippen LogP contribution is 2.06. The van der Waals surface area contributed by atoms with E-state index in [2.05, 4.69) is 0 Å². The molecule has 0 bridgehead atoms. The molecule has 7 N–H and O–H groups in total. The van der Waals surface area contributed by atoms with Crippen molar-refractivity contribution in [2.45, 2.75) is 24.4 Å². The van der Waals surface area contributed by atoms with Gasteiger partial charge in [0.15, 0.2) is 0 Å². The van der Waals surface area contributed by atoms with E-state index in [-0.39, 0.29) is 0 Å². The molecular weight excluding hydrogens is 246 g/mol. The van der Waals surface area contributed by atoms with Gasteiger partial charge >= 0.3 is 10.1 Å². The van der Waals surface area contributed by atoms with Crippen molar-refractivity contribution in [3.63, 3.8) is 0 Å². The highest BCUT2D eigenvalue weighted by molar-refractivity contribution is 8.01. The van der Waals surface area contributed by atoms with Gasteiger partial charge in [0.05, 0.1) is 6.61 Å². The minimum atomic E-state index is -5.09. The second-order valence-corrected chi connectivity index (χ2v) is 4.40. The van der Waals surface area contributed by atoms with Crippen LogP contribution in [0.15, 0.2) is 0 Å². The minimum Gasteiger partial charge on any atom is -0.394 e. The third kappa shape index (κ3) is 3.75. The highest BCUT2D eigenvalue weighted by Gasteiger charge is 2.37. The van der Waals surface area contributed by atoms with E-state index in [0.717, 1.165) is 0 Å². The average molecular weight is 259 g/mol. The van der Waals surface area contributed by atoms with E-state index in [1.165, 1.54) is 0 Å². The Morgan fingerprint density at radius 1 is 1.19 bits per heavy atom. The molecule has 4 atom stereocenters. The van der Waals surface area contributed by atoms with E-state index in [1.54, 1.807) is 0 Å². The van der Waals surface area contributed by atoms with Gasteiger partial charge in [0.2, 0.25) is 0 Å². The van der Waals surface area contributed by atoms with Gasteiger partial charge in [-0.3, -0.25) is 9.35 Å². The van der Waals surface area contributed by atoms with Gasteiger partial charge in [0.25, 0.3) is 5.12 Å². The van der Waals surface area contributed by atoms with Crippen molar-refractivity contribution in [1.82, 2.24) is 0 Å². The Hall–Kier alpha value is -0.620. The van der Waals surface area contributed by atoms with Gasteiger partial charge in [-0.05, 0) is 0 Å². The van der Waals surface area contributed by atoms with Crippen LogP contribution in [-0.2, 0) is 14.9 Å². The number of hydrogen-bond donors (Lipinski definition) is 6. The Morgan fingerprint density at radius 2 is 1.62 bits per heavy atom. The number of hydrogen-bond acceptors (Lipinski definition) is 8. The van der Waals surface area contributed by atoms with Crippen LogP contribution < -0.4 is 5.73 Å². The number of aliphatic hydroxyl groups excluding tert-OH is 4. The third-order valence-electron chi connectivity index (χ3n) is 1.83. The van der Waals surface area contributed by atoms with Crippen LogP contribution in [0.2, 0.25) is 0 Å². The lowest BCUT2D eigenvalue weighted by Crippen LogP contribution is -2.54. The Morgan fingerprint density at radius 3 is 1.94 bits per heavy atom. The van der Waals surface area contributed by atoms with E-state index in [4.69, 9.17) is 25.6 Å². The lowest BCUT2D eigenvalue weighted by atomic mass is 10.0. The maximum atomic E-state index is 10.8. The topological polar surface area (TPSA) is 178 Å². The first-order valence-corrected chi connectivity index (χ1v) is 5.49. The SMILES string of the molecule is N[C@@H](C(=O)S(=O)(=O)O)[C@@H](O)[C@H](O)[C@H](O)CO. The molecule has 9 nitrogen and oxygen atoms in total. The molecule has 0 aliphatic heterocycles. The number of rotatable bonds is 5. The first-order chi connectivity index (χ1) is 7.12. The predicted molar refractivity (Wildman–Crippen MR) is 49.6 cm³/mol. The van der Waals surface area contributed by atoms with Gasteiger partial charge in [-0.1, -0.05) is 0 Å². The fourth-order valence-electron chi connectivity index (χ4n) is 0.859. The summed E-state index contributed by atoms with van der Waals surface area (Å²) in [5, 5.41) is 33.7. The van der Waals surface area contributed by atoms with E-state index < -0.39 is 46.2 Å². The maximum absolute atomic E-state index is 10.8. The fraction of sp³-hybridized carbons (Fsp3) is 0.833. The highest BCUT2D eigenvalue weighted by atomic mass is 32.2. The Kier molecular flexibility index (Phi) is 5.41. The third-order valence-corrected chi connectivity index (χ3v) is 2.61. The van der Waals surface area contributed by atoms with Crippen LogP contribution in [0.5, 0.6) is 0 Å². The molecule has 0 aromatic rings. The molecule has 0 saturated carbocycles. The van der Waals surface area contributed by atoms with Crippen molar-refractivity contribution in [2.24, 2.45) is 5.73 Å². The minimum absolute atomic E-state index is 0.926. The quantitative estimate of drug-likeness (QED) is 0.267. The molecule has 0 saturated heterocycles. The summed E-state index contributed by atoms with van der Waals surface area (Å²) in [6, 6.07) is -2.13. The average Bonchev–Trinajstić information content (AvgIpc) is 2.22. The lowest BCUT2D eigenvalue weighted by molar-refractivity contribution is -0.122. The molecule has 0 spiro atoms. The molecule has 96 valence electrons. The van der Waals surface area contributed by atoms with Crippen LogP contribution in [0.25, 0.3) is 0 Å². The summed E-state index contributed by atoms with van der Waals surface area (Å²) in [5.41, 5.74) is 4.95. The second-order valence-electron chi connectivity index (χ2n) is 3.05. The smallest absolute Gasteiger partial charge is 0.330 e. The molecule has 16 heavy (non-hydrogen) atoms. The van der Waals surface area contributed by atoms with Crippen LogP contribution >= 0.6 is 0 Å². The van der Waals surface area contributed by atoms with Gasteiger partial charge in [-0.15, -0.1) is 0 Å². The molecule has 0 radical (unpaired) electrons. The summed E-state index contributed by atoms with van der Waals surface area (Å²) in [6.07, 6.45) is -5.96. The first kappa shape index (κ1) is 15.4. The van der Waals surface area contributed by atoms with Crippen molar-refractivity contribution in [1.29, 1.82) is 0 Å². The molecule has 0 aliphatic carbocycles. The van der Waals surface area contributed by atoms with Gasteiger partial charge in [-0.2, -0.15) is 8.42 Å². The molecule has 0 unspecified atom stereocenters. The predicted octanol–water partition coefficient (Wildman–Crippen LogP) is -4.20. The lowest BCUT2D eigenvalue weighted by Gasteiger charge is -2.24. The van der Waals surface area contributed by atoms with Crippen molar-refractivity contribution in [2.75, 3.05) is 6.61 Å². The zero-order valence-corrected chi connectivity index (χ0v) is 8.78. The largest absolute Gasteiger partial charge is 0.394 e. The molecule has 10 heteroatoms. The summed E-state index contributed by atoms with van der Waals surface area (Å²) in [5.74, 6) is 0. The normalized spacial score (nSPS) is 19.9. The van der Waals surface area contributed by atoms with Gasteiger partial charge in [0.1, 0.15) is 24.4 Å². The van der Waals surface area contributed by atoms with Crippen LogP contribution in [0.3, 0.4) is 0 Å². The fourth-order valence-corrected chi connectivity index (χ4v) is 1.34. The number of carbonyl (C=O) groups excluding carboxylic acids is 1. The zero-order valence-electron chi connectivity index (χ0n) is 7.96. The van der Waals surface area contributed by atoms with Crippen molar-refractivity contribution in [3.8, 4) is 0 Å². The summed E-state index contributed by atoms with van der Waals surface area (Å²) in [6.45, 7) is -0.926. The molecular formula is C6H13NO8S. The molecule has 0 amide bonds. The van der Waals surface area contributed by atoms with Crippen LogP contribution in [-0.4, -0.2) is 69.5 Å². The second kappa shape index (κ2) is 5.63. The summed E-state index contributed by atoms with van der Waals surface area (Å²) in [7, 11) is -5.09. The summed E-state index contributed by atoms with van der Waals surface area (Å²) in [4.78, 5) is 10.8. The molecule has 0 aromatic carbocycles. The van der Waals surface area contributed by atoms with Crippen molar-refractivity contribution in [3.05, 3.63) is 0 Å². The zero-order chi connectivity index (χ0) is 13.1. The molecule has 0 rings (SSSR count).